The Hall–Kier alpha value is -0.490. The molecule has 0 spiro atoms. The van der Waals surface area contributed by atoms with Gasteiger partial charge in [-0.05, 0) is 0 Å². The van der Waals surface area contributed by atoms with Crippen LogP contribution in [0.2, 0.25) is 0 Å². The van der Waals surface area contributed by atoms with Crippen molar-refractivity contribution in [2.75, 3.05) is 0 Å². The van der Waals surface area contributed by atoms with Crippen LogP contribution in [-0.4, -0.2) is 23.3 Å². The van der Waals surface area contributed by atoms with E-state index in [1.165, 1.54) is 0 Å². The van der Waals surface area contributed by atoms with Crippen LogP contribution in [0.4, 0.5) is 13.2 Å². The van der Waals surface area contributed by atoms with Crippen LogP contribution >= 0.6 is 12.4 Å². The molecule has 0 saturated carbocycles. The fourth-order valence-corrected chi connectivity index (χ4v) is 0.417. The number of hydrogen-bond acceptors (Lipinski definition) is 2. The highest BCUT2D eigenvalue weighted by Gasteiger charge is 2.42. The van der Waals surface area contributed by atoms with Gasteiger partial charge >= 0.3 is 12.1 Å². The Balaban J connectivity index is 0. The van der Waals surface area contributed by atoms with E-state index in [-0.39, 0.29) is 12.4 Å². The van der Waals surface area contributed by atoms with Crippen molar-refractivity contribution in [1.82, 2.24) is 0 Å². The van der Waals surface area contributed by atoms with Crippen molar-refractivity contribution in [3.63, 3.8) is 0 Å². The summed E-state index contributed by atoms with van der Waals surface area (Å²) in [6.07, 6.45) is -4.54. The van der Waals surface area contributed by atoms with Gasteiger partial charge in [-0.3, -0.25) is 4.79 Å². The third kappa shape index (κ3) is 3.77. The van der Waals surface area contributed by atoms with Gasteiger partial charge in [0.2, 0.25) is 0 Å². The van der Waals surface area contributed by atoms with Gasteiger partial charge in [-0.1, -0.05) is 6.92 Å². The average molecular weight is 208 g/mol. The van der Waals surface area contributed by atoms with Crippen LogP contribution in [-0.2, 0) is 4.79 Å². The molecule has 2 unspecified atom stereocenters. The summed E-state index contributed by atoms with van der Waals surface area (Å²) in [7, 11) is 0. The molecular weight excluding hydrogens is 199 g/mol. The zero-order valence-electron chi connectivity index (χ0n) is 6.13. The SMILES string of the molecule is CC(C(N)C(=O)O)C(F)(F)F.Cl. The summed E-state index contributed by atoms with van der Waals surface area (Å²) in [4.78, 5) is 9.96. The third-order valence-corrected chi connectivity index (χ3v) is 1.34. The average Bonchev–Trinajstić information content (AvgIpc) is 1.82. The molecule has 0 amide bonds. The second-order valence-corrected chi connectivity index (χ2v) is 2.19. The van der Waals surface area contributed by atoms with Gasteiger partial charge in [0.05, 0.1) is 5.92 Å². The predicted molar refractivity (Wildman–Crippen MR) is 38.1 cm³/mol. The van der Waals surface area contributed by atoms with E-state index in [4.69, 9.17) is 10.8 Å². The maximum atomic E-state index is 11.7. The van der Waals surface area contributed by atoms with Gasteiger partial charge < -0.3 is 10.8 Å². The Morgan fingerprint density at radius 3 is 1.92 bits per heavy atom. The molecule has 12 heavy (non-hydrogen) atoms. The first-order chi connectivity index (χ1) is 4.76. The van der Waals surface area contributed by atoms with Crippen LogP contribution in [0.3, 0.4) is 0 Å². The molecule has 7 heteroatoms. The van der Waals surface area contributed by atoms with Crippen molar-refractivity contribution in [3.8, 4) is 0 Å². The van der Waals surface area contributed by atoms with Crippen molar-refractivity contribution in [1.29, 1.82) is 0 Å². The minimum absolute atomic E-state index is 0. The van der Waals surface area contributed by atoms with E-state index in [1.54, 1.807) is 0 Å². The monoisotopic (exact) mass is 207 g/mol. The third-order valence-electron chi connectivity index (χ3n) is 1.34. The molecule has 3 nitrogen and oxygen atoms in total. The Kier molecular flexibility index (Phi) is 5.29. The minimum Gasteiger partial charge on any atom is -0.480 e. The normalized spacial score (nSPS) is 16.1. The maximum absolute atomic E-state index is 11.7. The van der Waals surface area contributed by atoms with E-state index >= 15 is 0 Å². The molecule has 0 aliphatic rings. The smallest absolute Gasteiger partial charge is 0.393 e. The fourth-order valence-electron chi connectivity index (χ4n) is 0.417. The number of rotatable bonds is 2. The Labute approximate surface area is 73.1 Å². The molecule has 0 aliphatic carbocycles. The number of aliphatic carboxylic acids is 1. The molecular formula is C5H9ClF3NO2. The number of alkyl halides is 3. The van der Waals surface area contributed by atoms with Crippen molar-refractivity contribution < 1.29 is 23.1 Å². The molecule has 0 heterocycles. The van der Waals surface area contributed by atoms with E-state index in [1.807, 2.05) is 0 Å². The molecule has 0 aliphatic heterocycles. The van der Waals surface area contributed by atoms with Crippen molar-refractivity contribution in [2.45, 2.75) is 19.1 Å². The summed E-state index contributed by atoms with van der Waals surface area (Å²) in [5.74, 6) is -3.66. The van der Waals surface area contributed by atoms with Crippen LogP contribution in [0.1, 0.15) is 6.92 Å². The van der Waals surface area contributed by atoms with Crippen LogP contribution in [0.25, 0.3) is 0 Å². The van der Waals surface area contributed by atoms with Gasteiger partial charge in [0.1, 0.15) is 6.04 Å². The second-order valence-electron chi connectivity index (χ2n) is 2.19. The predicted octanol–water partition coefficient (Wildman–Crippen LogP) is 1.02. The second kappa shape index (κ2) is 4.51. The molecule has 0 radical (unpaired) electrons. The molecule has 0 aromatic rings. The van der Waals surface area contributed by atoms with E-state index in [0.29, 0.717) is 0 Å². The van der Waals surface area contributed by atoms with Crippen molar-refractivity contribution in [2.24, 2.45) is 11.7 Å². The number of nitrogens with two attached hydrogens (primary N) is 1. The van der Waals surface area contributed by atoms with Gasteiger partial charge in [-0.15, -0.1) is 12.4 Å². The zero-order chi connectivity index (χ0) is 9.23. The number of carboxylic acid groups (broad SMARTS) is 1. The maximum Gasteiger partial charge on any atom is 0.393 e. The minimum atomic E-state index is -4.54. The van der Waals surface area contributed by atoms with Crippen molar-refractivity contribution in [3.05, 3.63) is 0 Å². The summed E-state index contributed by atoms with van der Waals surface area (Å²) in [6.45, 7) is 0.735. The Bertz CT molecular complexity index is 161. The van der Waals surface area contributed by atoms with Gasteiger partial charge in [0.25, 0.3) is 0 Å². The van der Waals surface area contributed by atoms with E-state index in [9.17, 15) is 18.0 Å². The summed E-state index contributed by atoms with van der Waals surface area (Å²) < 4.78 is 35.1. The first-order valence-electron chi connectivity index (χ1n) is 2.82. The van der Waals surface area contributed by atoms with Gasteiger partial charge in [0, 0.05) is 0 Å². The first-order valence-corrected chi connectivity index (χ1v) is 2.82. The summed E-state index contributed by atoms with van der Waals surface area (Å²) >= 11 is 0. The van der Waals surface area contributed by atoms with Crippen LogP contribution in [0.5, 0.6) is 0 Å². The molecule has 2 atom stereocenters. The van der Waals surface area contributed by atoms with Crippen LogP contribution in [0, 0.1) is 5.92 Å². The summed E-state index contributed by atoms with van der Waals surface area (Å²) in [6, 6.07) is -1.88. The number of hydrogen-bond donors (Lipinski definition) is 2. The molecule has 0 aromatic carbocycles. The molecule has 0 aromatic heterocycles. The number of carbonyl (C=O) groups is 1. The van der Waals surface area contributed by atoms with E-state index in [0.717, 1.165) is 6.92 Å². The standard InChI is InChI=1S/C5H8F3NO2.ClH/c1-2(5(6,7)8)3(9)4(10)11;/h2-3H,9H2,1H3,(H,10,11);1H. The van der Waals surface area contributed by atoms with E-state index in [2.05, 4.69) is 0 Å². The van der Waals surface area contributed by atoms with Crippen molar-refractivity contribution >= 4 is 18.4 Å². The lowest BCUT2D eigenvalue weighted by molar-refractivity contribution is -0.182. The van der Waals surface area contributed by atoms with Gasteiger partial charge in [-0.2, -0.15) is 13.2 Å². The topological polar surface area (TPSA) is 63.3 Å². The molecule has 74 valence electrons. The highest BCUT2D eigenvalue weighted by atomic mass is 35.5. The fraction of sp³-hybridized carbons (Fsp3) is 0.800. The highest BCUT2D eigenvalue weighted by molar-refractivity contribution is 5.85. The molecule has 0 bridgehead atoms. The lowest BCUT2D eigenvalue weighted by Gasteiger charge is -2.18. The molecule has 3 N–H and O–H groups in total. The van der Waals surface area contributed by atoms with Gasteiger partial charge in [-0.25, -0.2) is 0 Å². The van der Waals surface area contributed by atoms with Crippen LogP contribution in [0.15, 0.2) is 0 Å². The van der Waals surface area contributed by atoms with Gasteiger partial charge in [0.15, 0.2) is 0 Å². The van der Waals surface area contributed by atoms with Crippen LogP contribution < -0.4 is 5.73 Å². The number of halogens is 4. The summed E-state index contributed by atoms with van der Waals surface area (Å²) in [5.41, 5.74) is 4.73. The number of carboxylic acids is 1. The lowest BCUT2D eigenvalue weighted by atomic mass is 10.0. The Morgan fingerprint density at radius 2 is 1.83 bits per heavy atom. The molecule has 0 fully saturated rings. The summed E-state index contributed by atoms with van der Waals surface area (Å²) in [5, 5.41) is 8.09. The molecule has 0 rings (SSSR count). The quantitative estimate of drug-likeness (QED) is 0.711. The molecule has 0 saturated heterocycles. The zero-order valence-corrected chi connectivity index (χ0v) is 6.95. The lowest BCUT2D eigenvalue weighted by Crippen LogP contribution is -2.43. The highest BCUT2D eigenvalue weighted by Crippen LogP contribution is 2.27. The van der Waals surface area contributed by atoms with E-state index < -0.39 is 24.1 Å². The Morgan fingerprint density at radius 1 is 1.50 bits per heavy atom. The first kappa shape index (κ1) is 14.1. The largest absolute Gasteiger partial charge is 0.480 e.